The molecule has 0 fully saturated rings. The van der Waals surface area contributed by atoms with Crippen molar-refractivity contribution in [2.75, 3.05) is 24.7 Å². The highest BCUT2D eigenvalue weighted by molar-refractivity contribution is 7.90. The lowest BCUT2D eigenvalue weighted by atomic mass is 9.94. The van der Waals surface area contributed by atoms with Crippen LogP contribution in [0.5, 0.6) is 0 Å². The largest absolute Gasteiger partial charge is 0.323 e. The van der Waals surface area contributed by atoms with E-state index in [-0.39, 0.29) is 16.7 Å². The van der Waals surface area contributed by atoms with Crippen molar-refractivity contribution in [3.8, 4) is 0 Å². The van der Waals surface area contributed by atoms with Crippen LogP contribution in [0.1, 0.15) is 12.0 Å². The minimum Gasteiger partial charge on any atom is -0.320 e. The van der Waals surface area contributed by atoms with E-state index >= 15 is 0 Å². The fourth-order valence-corrected chi connectivity index (χ4v) is 4.14. The number of amides is 2. The van der Waals surface area contributed by atoms with E-state index in [1.165, 1.54) is 40.2 Å². The van der Waals surface area contributed by atoms with E-state index in [4.69, 9.17) is 0 Å². The number of nitrogens with zero attached hydrogens (tertiary/aromatic N) is 2. The molecule has 2 heterocycles. The van der Waals surface area contributed by atoms with Gasteiger partial charge in [0.2, 0.25) is 0 Å². The number of benzene rings is 2. The topological polar surface area (TPSA) is 79.4 Å². The average Bonchev–Trinajstić information content (AvgIpc) is 2.73. The molecule has 0 radical (unpaired) electrons. The standard InChI is InChI=1S/C22H21N3O3S/c1-29(27,28)18-9-12-23-21(15-18)24-22(26)25-13-10-17(11-14-25)20-8-4-6-16-5-2-3-7-19(16)20/h2-10,12,15H,11,13-14H2,1H3,(H,23,24,26). The van der Waals surface area contributed by atoms with Crippen LogP contribution in [0.15, 0.2) is 71.8 Å². The number of hydrogen-bond acceptors (Lipinski definition) is 4. The van der Waals surface area contributed by atoms with E-state index in [1.54, 1.807) is 4.90 Å². The Balaban J connectivity index is 1.49. The lowest BCUT2D eigenvalue weighted by Crippen LogP contribution is -2.38. The van der Waals surface area contributed by atoms with Crippen LogP contribution >= 0.6 is 0 Å². The zero-order chi connectivity index (χ0) is 20.4. The molecule has 1 aliphatic heterocycles. The monoisotopic (exact) mass is 407 g/mol. The van der Waals surface area contributed by atoms with Crippen LogP contribution in [0.4, 0.5) is 10.6 Å². The van der Waals surface area contributed by atoms with Crippen LogP contribution < -0.4 is 5.32 Å². The summed E-state index contributed by atoms with van der Waals surface area (Å²) in [5.74, 6) is 0.224. The third kappa shape index (κ3) is 4.14. The van der Waals surface area contributed by atoms with Crippen molar-refractivity contribution in [3.05, 3.63) is 72.4 Å². The summed E-state index contributed by atoms with van der Waals surface area (Å²) in [6.07, 6.45) is 5.32. The molecule has 0 saturated carbocycles. The van der Waals surface area contributed by atoms with Crippen molar-refractivity contribution in [1.29, 1.82) is 0 Å². The smallest absolute Gasteiger partial charge is 0.320 e. The number of carbonyl (C=O) groups excluding carboxylic acids is 1. The summed E-state index contributed by atoms with van der Waals surface area (Å²) >= 11 is 0. The van der Waals surface area contributed by atoms with Crippen molar-refractivity contribution < 1.29 is 13.2 Å². The Morgan fingerprint density at radius 3 is 2.66 bits per heavy atom. The second-order valence-corrected chi connectivity index (χ2v) is 9.05. The van der Waals surface area contributed by atoms with E-state index in [0.29, 0.717) is 13.1 Å². The first kappa shape index (κ1) is 19.1. The Hall–Kier alpha value is -3.19. The van der Waals surface area contributed by atoms with Crippen molar-refractivity contribution in [2.45, 2.75) is 11.3 Å². The zero-order valence-electron chi connectivity index (χ0n) is 16.0. The van der Waals surface area contributed by atoms with Gasteiger partial charge in [0.15, 0.2) is 9.84 Å². The molecule has 0 saturated heterocycles. The SMILES string of the molecule is CS(=O)(=O)c1ccnc(NC(=O)N2CC=C(c3cccc4ccccc34)CC2)c1. The van der Waals surface area contributed by atoms with Crippen LogP contribution in [0.3, 0.4) is 0 Å². The van der Waals surface area contributed by atoms with Crippen LogP contribution in [-0.2, 0) is 9.84 Å². The first-order valence-corrected chi connectivity index (χ1v) is 11.2. The summed E-state index contributed by atoms with van der Waals surface area (Å²) in [4.78, 5) is 18.4. The van der Waals surface area contributed by atoms with Crippen LogP contribution in [0.25, 0.3) is 16.3 Å². The normalized spacial score (nSPS) is 14.5. The van der Waals surface area contributed by atoms with Gasteiger partial charge in [-0.25, -0.2) is 18.2 Å². The summed E-state index contributed by atoms with van der Waals surface area (Å²) in [6, 6.07) is 17.0. The number of aromatic nitrogens is 1. The fourth-order valence-electron chi connectivity index (χ4n) is 3.50. The molecule has 0 bridgehead atoms. The van der Waals surface area contributed by atoms with E-state index < -0.39 is 9.84 Å². The van der Waals surface area contributed by atoms with Gasteiger partial charge in [-0.3, -0.25) is 5.32 Å². The molecule has 2 aromatic carbocycles. The number of rotatable bonds is 3. The van der Waals surface area contributed by atoms with Crippen LogP contribution in [0, 0.1) is 0 Å². The molecule has 0 aliphatic carbocycles. The number of fused-ring (bicyclic) bond motifs is 1. The molecule has 29 heavy (non-hydrogen) atoms. The van der Waals surface area contributed by atoms with Crippen molar-refractivity contribution in [2.24, 2.45) is 0 Å². The third-order valence-electron chi connectivity index (χ3n) is 5.03. The number of carbonyl (C=O) groups is 1. The Labute approximate surface area is 169 Å². The second kappa shape index (κ2) is 7.67. The summed E-state index contributed by atoms with van der Waals surface area (Å²) in [6.45, 7) is 1.06. The Bertz CT molecular complexity index is 1210. The van der Waals surface area contributed by atoms with Gasteiger partial charge in [0, 0.05) is 25.5 Å². The molecular weight excluding hydrogens is 386 g/mol. The van der Waals surface area contributed by atoms with Crippen LogP contribution in [0.2, 0.25) is 0 Å². The van der Waals surface area contributed by atoms with Gasteiger partial charge in [-0.05, 0) is 40.5 Å². The number of sulfone groups is 1. The predicted octanol–water partition coefficient (Wildman–Crippen LogP) is 3.96. The first-order valence-electron chi connectivity index (χ1n) is 9.31. The van der Waals surface area contributed by atoms with Crippen molar-refractivity contribution in [3.63, 3.8) is 0 Å². The molecule has 4 rings (SSSR count). The highest BCUT2D eigenvalue weighted by Crippen LogP contribution is 2.29. The van der Waals surface area contributed by atoms with Crippen LogP contribution in [-0.4, -0.2) is 43.7 Å². The number of anilines is 1. The van der Waals surface area contributed by atoms with E-state index in [2.05, 4.69) is 46.7 Å². The average molecular weight is 407 g/mol. The highest BCUT2D eigenvalue weighted by Gasteiger charge is 2.19. The molecule has 7 heteroatoms. The second-order valence-electron chi connectivity index (χ2n) is 7.03. The van der Waals surface area contributed by atoms with E-state index in [1.807, 2.05) is 12.1 Å². The van der Waals surface area contributed by atoms with Gasteiger partial charge in [-0.2, -0.15) is 0 Å². The first-order chi connectivity index (χ1) is 13.9. The van der Waals surface area contributed by atoms with Crippen molar-refractivity contribution >= 4 is 38.0 Å². The molecular formula is C22H21N3O3S. The third-order valence-corrected chi connectivity index (χ3v) is 6.14. The van der Waals surface area contributed by atoms with Gasteiger partial charge < -0.3 is 4.90 Å². The molecule has 2 amide bonds. The quantitative estimate of drug-likeness (QED) is 0.713. The maximum atomic E-state index is 12.6. The summed E-state index contributed by atoms with van der Waals surface area (Å²) in [5.41, 5.74) is 2.42. The molecule has 0 atom stereocenters. The van der Waals surface area contributed by atoms with E-state index in [0.717, 1.165) is 12.7 Å². The molecule has 3 aromatic rings. The Morgan fingerprint density at radius 2 is 1.90 bits per heavy atom. The zero-order valence-corrected chi connectivity index (χ0v) is 16.8. The van der Waals surface area contributed by atoms with Crippen molar-refractivity contribution in [1.82, 2.24) is 9.88 Å². The number of hydrogen-bond donors (Lipinski definition) is 1. The molecule has 0 spiro atoms. The summed E-state index contributed by atoms with van der Waals surface area (Å²) < 4.78 is 23.4. The number of pyridine rings is 1. The van der Waals surface area contributed by atoms with Gasteiger partial charge in [0.05, 0.1) is 4.90 Å². The van der Waals surface area contributed by atoms with Gasteiger partial charge in [-0.15, -0.1) is 0 Å². The lowest BCUT2D eigenvalue weighted by molar-refractivity contribution is 0.217. The molecule has 6 nitrogen and oxygen atoms in total. The molecule has 148 valence electrons. The summed E-state index contributed by atoms with van der Waals surface area (Å²) in [5, 5.41) is 5.10. The fraction of sp³-hybridized carbons (Fsp3) is 0.182. The van der Waals surface area contributed by atoms with E-state index in [9.17, 15) is 13.2 Å². The minimum absolute atomic E-state index is 0.125. The Kier molecular flexibility index (Phi) is 5.07. The molecule has 1 aliphatic rings. The Morgan fingerprint density at radius 1 is 1.10 bits per heavy atom. The minimum atomic E-state index is -3.36. The summed E-state index contributed by atoms with van der Waals surface area (Å²) in [7, 11) is -3.36. The molecule has 0 unspecified atom stereocenters. The maximum absolute atomic E-state index is 12.6. The molecule has 1 aromatic heterocycles. The van der Waals surface area contributed by atoms with Gasteiger partial charge in [0.1, 0.15) is 5.82 Å². The van der Waals surface area contributed by atoms with Gasteiger partial charge in [0.25, 0.3) is 0 Å². The molecule has 1 N–H and O–H groups in total. The van der Waals surface area contributed by atoms with Gasteiger partial charge in [-0.1, -0.05) is 48.5 Å². The maximum Gasteiger partial charge on any atom is 0.323 e. The predicted molar refractivity (Wildman–Crippen MR) is 114 cm³/mol. The number of nitrogens with one attached hydrogen (secondary N) is 1. The number of urea groups is 1. The van der Waals surface area contributed by atoms with Gasteiger partial charge >= 0.3 is 6.03 Å². The lowest BCUT2D eigenvalue weighted by Gasteiger charge is -2.27. The highest BCUT2D eigenvalue weighted by atomic mass is 32.2.